The van der Waals surface area contributed by atoms with Gasteiger partial charge in [-0.2, -0.15) is 0 Å². The summed E-state index contributed by atoms with van der Waals surface area (Å²) in [6.45, 7) is 3.87. The molecule has 130 valence electrons. The maximum absolute atomic E-state index is 12.3. The second kappa shape index (κ2) is 6.14. The van der Waals surface area contributed by atoms with Gasteiger partial charge in [-0.05, 0) is 69.0 Å². The van der Waals surface area contributed by atoms with Gasteiger partial charge in [0.1, 0.15) is 0 Å². The standard InChI is InChI=1S/C18H12Br2N4O2/c1-7-3-5-9-11(13(7)19)15(17(25)21-9)23-24-16-12-10(22-18(16)26)6-4-8(2)14(12)20/h3-6,21,25H,1-2H3. The van der Waals surface area contributed by atoms with Crippen LogP contribution in [-0.2, 0) is 4.79 Å². The summed E-state index contributed by atoms with van der Waals surface area (Å²) in [7, 11) is 0. The minimum Gasteiger partial charge on any atom is -0.493 e. The molecule has 2 heterocycles. The lowest BCUT2D eigenvalue weighted by atomic mass is 10.1. The lowest BCUT2D eigenvalue weighted by Crippen LogP contribution is -2.24. The van der Waals surface area contributed by atoms with Crippen molar-refractivity contribution in [3.05, 3.63) is 54.9 Å². The first-order valence-corrected chi connectivity index (χ1v) is 9.31. The Morgan fingerprint density at radius 2 is 1.73 bits per heavy atom. The van der Waals surface area contributed by atoms with Crippen molar-refractivity contribution in [2.75, 3.05) is 0 Å². The van der Waals surface area contributed by atoms with Crippen LogP contribution in [-0.4, -0.2) is 16.0 Å². The summed E-state index contributed by atoms with van der Waals surface area (Å²) in [4.78, 5) is 19.1. The maximum atomic E-state index is 12.3. The number of benzene rings is 2. The molecule has 0 bridgehead atoms. The molecule has 1 aliphatic rings. The van der Waals surface area contributed by atoms with E-state index in [9.17, 15) is 9.90 Å². The number of azo groups is 1. The average Bonchev–Trinajstić information content (AvgIpc) is 3.10. The highest BCUT2D eigenvalue weighted by Crippen LogP contribution is 2.41. The molecule has 4 rings (SSSR count). The SMILES string of the molecule is Cc1ccc2c(c1Br)=C(N=Nc1c(O)[nH]c3ccc(C)c(Br)c13)C(=O)N=2. The van der Waals surface area contributed by atoms with Crippen molar-refractivity contribution in [1.29, 1.82) is 0 Å². The number of rotatable bonds is 2. The largest absolute Gasteiger partial charge is 0.493 e. The van der Waals surface area contributed by atoms with E-state index in [-0.39, 0.29) is 17.3 Å². The number of nitrogens with one attached hydrogen (secondary N) is 1. The normalized spacial score (nSPS) is 13.7. The van der Waals surface area contributed by atoms with Crippen molar-refractivity contribution < 1.29 is 9.90 Å². The summed E-state index contributed by atoms with van der Waals surface area (Å²) in [6, 6.07) is 7.43. The molecule has 0 fully saturated rings. The molecular formula is C18H12Br2N4O2. The number of aromatic amines is 1. The van der Waals surface area contributed by atoms with E-state index in [2.05, 4.69) is 52.1 Å². The molecule has 0 saturated heterocycles. The third-order valence-corrected chi connectivity index (χ3v) is 6.32. The highest BCUT2D eigenvalue weighted by molar-refractivity contribution is 9.11. The van der Waals surface area contributed by atoms with Crippen LogP contribution in [0.25, 0.3) is 16.6 Å². The Morgan fingerprint density at radius 3 is 2.50 bits per heavy atom. The molecule has 0 radical (unpaired) electrons. The Kier molecular flexibility index (Phi) is 4.04. The summed E-state index contributed by atoms with van der Waals surface area (Å²) >= 11 is 7.02. The van der Waals surface area contributed by atoms with Crippen molar-refractivity contribution in [2.24, 2.45) is 15.2 Å². The third kappa shape index (κ3) is 2.52. The highest BCUT2D eigenvalue weighted by atomic mass is 79.9. The van der Waals surface area contributed by atoms with Gasteiger partial charge in [0.2, 0.25) is 5.88 Å². The zero-order chi connectivity index (χ0) is 18.6. The van der Waals surface area contributed by atoms with Gasteiger partial charge in [0.15, 0.2) is 11.4 Å². The Balaban J connectivity index is 1.95. The first-order valence-electron chi connectivity index (χ1n) is 7.72. The second-order valence-corrected chi connectivity index (χ2v) is 7.58. The van der Waals surface area contributed by atoms with Crippen LogP contribution in [0.5, 0.6) is 5.88 Å². The van der Waals surface area contributed by atoms with E-state index < -0.39 is 5.91 Å². The van der Waals surface area contributed by atoms with Crippen LogP contribution in [0.3, 0.4) is 0 Å². The highest BCUT2D eigenvalue weighted by Gasteiger charge is 2.20. The fraction of sp³-hybridized carbons (Fsp3) is 0.111. The van der Waals surface area contributed by atoms with Crippen LogP contribution in [0.4, 0.5) is 5.69 Å². The Bertz CT molecular complexity index is 1260. The van der Waals surface area contributed by atoms with Gasteiger partial charge in [-0.3, -0.25) is 4.79 Å². The molecule has 0 saturated carbocycles. The van der Waals surface area contributed by atoms with E-state index in [1.165, 1.54) is 0 Å². The van der Waals surface area contributed by atoms with Gasteiger partial charge < -0.3 is 10.1 Å². The van der Waals surface area contributed by atoms with E-state index >= 15 is 0 Å². The fourth-order valence-corrected chi connectivity index (χ4v) is 3.93. The van der Waals surface area contributed by atoms with Crippen LogP contribution in [0.1, 0.15) is 11.1 Å². The number of hydrogen-bond donors (Lipinski definition) is 2. The number of aromatic hydroxyl groups is 1. The number of carbonyl (C=O) groups is 1. The molecule has 0 aliphatic carbocycles. The van der Waals surface area contributed by atoms with Gasteiger partial charge in [-0.15, -0.1) is 10.2 Å². The fourth-order valence-electron chi connectivity index (χ4n) is 2.87. The first kappa shape index (κ1) is 17.1. The van der Waals surface area contributed by atoms with Crippen LogP contribution < -0.4 is 10.6 Å². The average molecular weight is 476 g/mol. The zero-order valence-electron chi connectivity index (χ0n) is 13.8. The Hall–Kier alpha value is -2.32. The van der Waals surface area contributed by atoms with E-state index in [0.717, 1.165) is 25.6 Å². The molecule has 2 aromatic carbocycles. The van der Waals surface area contributed by atoms with Crippen molar-refractivity contribution in [3.8, 4) is 5.88 Å². The number of amides is 1. The quantitative estimate of drug-likeness (QED) is 0.547. The molecule has 2 N–H and O–H groups in total. The zero-order valence-corrected chi connectivity index (χ0v) is 16.9. The summed E-state index contributed by atoms with van der Waals surface area (Å²) < 4.78 is 1.57. The minimum atomic E-state index is -0.454. The number of hydrogen-bond acceptors (Lipinski definition) is 4. The van der Waals surface area contributed by atoms with Crippen molar-refractivity contribution in [3.63, 3.8) is 0 Å². The predicted molar refractivity (Wildman–Crippen MR) is 105 cm³/mol. The summed E-state index contributed by atoms with van der Waals surface area (Å²) in [5.74, 6) is -0.564. The molecule has 3 aromatic rings. The minimum absolute atomic E-state index is 0.110. The lowest BCUT2D eigenvalue weighted by molar-refractivity contribution is -0.112. The van der Waals surface area contributed by atoms with E-state index in [0.29, 0.717) is 16.0 Å². The van der Waals surface area contributed by atoms with Crippen molar-refractivity contribution >= 4 is 60.1 Å². The summed E-state index contributed by atoms with van der Waals surface area (Å²) in [6.07, 6.45) is 0. The molecule has 26 heavy (non-hydrogen) atoms. The number of fused-ring (bicyclic) bond motifs is 2. The van der Waals surface area contributed by atoms with Crippen LogP contribution in [0.15, 0.2) is 48.4 Å². The van der Waals surface area contributed by atoms with Gasteiger partial charge in [0, 0.05) is 19.6 Å². The predicted octanol–water partition coefficient (Wildman–Crippen LogP) is 4.07. The van der Waals surface area contributed by atoms with Crippen molar-refractivity contribution in [1.82, 2.24) is 4.98 Å². The maximum Gasteiger partial charge on any atom is 0.298 e. The van der Waals surface area contributed by atoms with Gasteiger partial charge in [-0.25, -0.2) is 4.99 Å². The monoisotopic (exact) mass is 474 g/mol. The molecule has 0 atom stereocenters. The number of carbonyl (C=O) groups excluding carboxylic acids is 1. The Labute approximate surface area is 164 Å². The second-order valence-electron chi connectivity index (χ2n) is 6.00. The molecular weight excluding hydrogens is 464 g/mol. The molecule has 0 unspecified atom stereocenters. The van der Waals surface area contributed by atoms with E-state index in [1.807, 2.05) is 32.0 Å². The smallest absolute Gasteiger partial charge is 0.298 e. The van der Waals surface area contributed by atoms with E-state index in [4.69, 9.17) is 0 Å². The van der Waals surface area contributed by atoms with Gasteiger partial charge in [-0.1, -0.05) is 12.1 Å². The number of aromatic nitrogens is 1. The van der Waals surface area contributed by atoms with Crippen LogP contribution >= 0.6 is 31.9 Å². The third-order valence-electron chi connectivity index (χ3n) is 4.27. The molecule has 1 amide bonds. The molecule has 8 heteroatoms. The summed E-state index contributed by atoms with van der Waals surface area (Å²) in [5, 5.41) is 20.4. The summed E-state index contributed by atoms with van der Waals surface area (Å²) in [5.41, 5.74) is 3.10. The lowest BCUT2D eigenvalue weighted by Gasteiger charge is -2.00. The number of H-pyrrole nitrogens is 1. The van der Waals surface area contributed by atoms with E-state index in [1.54, 1.807) is 6.07 Å². The molecule has 1 aromatic heterocycles. The molecule has 0 spiro atoms. The number of aryl methyl sites for hydroxylation is 2. The first-order chi connectivity index (χ1) is 12.4. The molecule has 6 nitrogen and oxygen atoms in total. The van der Waals surface area contributed by atoms with Crippen molar-refractivity contribution in [2.45, 2.75) is 13.8 Å². The topological polar surface area (TPSA) is 90.2 Å². The van der Waals surface area contributed by atoms with Crippen LogP contribution in [0, 0.1) is 13.8 Å². The number of halogens is 2. The van der Waals surface area contributed by atoms with Crippen LogP contribution in [0.2, 0.25) is 0 Å². The van der Waals surface area contributed by atoms with Gasteiger partial charge in [0.05, 0.1) is 10.9 Å². The van der Waals surface area contributed by atoms with Gasteiger partial charge in [0.25, 0.3) is 5.91 Å². The molecule has 1 aliphatic heterocycles. The number of nitrogens with zero attached hydrogens (tertiary/aromatic N) is 3. The Morgan fingerprint density at radius 1 is 1.04 bits per heavy atom. The van der Waals surface area contributed by atoms with Gasteiger partial charge >= 0.3 is 0 Å².